The summed E-state index contributed by atoms with van der Waals surface area (Å²) < 4.78 is 0. The van der Waals surface area contributed by atoms with E-state index in [9.17, 15) is 0 Å². The topological polar surface area (TPSA) is 35.5 Å². The van der Waals surface area contributed by atoms with Crippen molar-refractivity contribution < 1.29 is 5.11 Å². The summed E-state index contributed by atoms with van der Waals surface area (Å²) >= 11 is 0. The summed E-state index contributed by atoms with van der Waals surface area (Å²) in [5.41, 5.74) is 0.469. The van der Waals surface area contributed by atoms with E-state index in [1.807, 2.05) is 0 Å². The molecule has 1 saturated carbocycles. The number of hydrogen-bond donors (Lipinski definition) is 2. The lowest BCUT2D eigenvalue weighted by Crippen LogP contribution is -2.46. The summed E-state index contributed by atoms with van der Waals surface area (Å²) in [7, 11) is 0. The van der Waals surface area contributed by atoms with Crippen LogP contribution in [0.25, 0.3) is 0 Å². The van der Waals surface area contributed by atoms with Crippen molar-refractivity contribution >= 4 is 0 Å². The molecule has 2 aliphatic heterocycles. The Morgan fingerprint density at radius 2 is 2.06 bits per heavy atom. The number of piperidine rings is 1. The van der Waals surface area contributed by atoms with Gasteiger partial charge in [-0.15, -0.1) is 0 Å². The van der Waals surface area contributed by atoms with E-state index in [-0.39, 0.29) is 0 Å². The molecule has 0 spiro atoms. The van der Waals surface area contributed by atoms with Crippen LogP contribution in [0.4, 0.5) is 0 Å². The lowest BCUT2D eigenvalue weighted by Gasteiger charge is -2.33. The fourth-order valence-electron chi connectivity index (χ4n) is 3.76. The summed E-state index contributed by atoms with van der Waals surface area (Å²) in [6, 6.07) is 1.54. The van der Waals surface area contributed by atoms with Gasteiger partial charge in [-0.1, -0.05) is 6.42 Å². The number of hydrogen-bond acceptors (Lipinski definition) is 3. The van der Waals surface area contributed by atoms with Gasteiger partial charge >= 0.3 is 0 Å². The molecule has 0 bridgehead atoms. The predicted octanol–water partition coefficient (Wildman–Crippen LogP) is 1.37. The van der Waals surface area contributed by atoms with Crippen molar-refractivity contribution in [2.24, 2.45) is 5.41 Å². The molecule has 0 amide bonds. The number of nitrogens with one attached hydrogen (secondary N) is 1. The first-order chi connectivity index (χ1) is 8.33. The van der Waals surface area contributed by atoms with E-state index in [2.05, 4.69) is 10.2 Å². The molecule has 0 radical (unpaired) electrons. The van der Waals surface area contributed by atoms with Crippen LogP contribution in [0.3, 0.4) is 0 Å². The van der Waals surface area contributed by atoms with Crippen molar-refractivity contribution in [1.29, 1.82) is 0 Å². The van der Waals surface area contributed by atoms with Crippen LogP contribution in [0.5, 0.6) is 0 Å². The molecule has 2 saturated heterocycles. The van der Waals surface area contributed by atoms with Crippen LogP contribution < -0.4 is 5.32 Å². The maximum absolute atomic E-state index is 9.09. The van der Waals surface area contributed by atoms with Crippen LogP contribution in [0, 0.1) is 5.41 Å². The Morgan fingerprint density at radius 1 is 1.18 bits per heavy atom. The number of aliphatic hydroxyl groups excluding tert-OH is 1. The van der Waals surface area contributed by atoms with E-state index in [0.29, 0.717) is 12.0 Å². The van der Waals surface area contributed by atoms with Gasteiger partial charge in [0.1, 0.15) is 0 Å². The molecule has 3 rings (SSSR count). The normalized spacial score (nSPS) is 35.8. The van der Waals surface area contributed by atoms with Crippen molar-refractivity contribution in [2.45, 2.75) is 57.0 Å². The van der Waals surface area contributed by atoms with Gasteiger partial charge in [0.15, 0.2) is 0 Å². The second kappa shape index (κ2) is 4.87. The SMILES string of the molecule is OCCC1(CNC2CCN3CCCCC23)CC1. The number of rotatable bonds is 5. The van der Waals surface area contributed by atoms with Gasteiger partial charge in [-0.05, 0) is 50.5 Å². The molecule has 17 heavy (non-hydrogen) atoms. The molecule has 3 heteroatoms. The Hall–Kier alpha value is -0.120. The van der Waals surface area contributed by atoms with Gasteiger partial charge in [-0.25, -0.2) is 0 Å². The van der Waals surface area contributed by atoms with Gasteiger partial charge in [0.2, 0.25) is 0 Å². The van der Waals surface area contributed by atoms with Crippen molar-refractivity contribution in [3.05, 3.63) is 0 Å². The Kier molecular flexibility index (Phi) is 3.42. The molecule has 0 aromatic carbocycles. The van der Waals surface area contributed by atoms with Gasteiger partial charge in [0.25, 0.3) is 0 Å². The quantitative estimate of drug-likeness (QED) is 0.759. The van der Waals surface area contributed by atoms with Crippen LogP contribution in [0.2, 0.25) is 0 Å². The Balaban J connectivity index is 1.49. The molecule has 0 aromatic rings. The highest BCUT2D eigenvalue weighted by molar-refractivity contribution is 4.99. The van der Waals surface area contributed by atoms with E-state index in [1.165, 1.54) is 51.6 Å². The third-order valence-electron chi connectivity index (χ3n) is 5.19. The van der Waals surface area contributed by atoms with E-state index >= 15 is 0 Å². The lowest BCUT2D eigenvalue weighted by molar-refractivity contribution is 0.175. The van der Waals surface area contributed by atoms with Gasteiger partial charge in [-0.3, -0.25) is 4.90 Å². The van der Waals surface area contributed by atoms with Crippen LogP contribution in [0.15, 0.2) is 0 Å². The maximum atomic E-state index is 9.09. The summed E-state index contributed by atoms with van der Waals surface area (Å²) in [4.78, 5) is 2.69. The fraction of sp³-hybridized carbons (Fsp3) is 1.00. The van der Waals surface area contributed by atoms with Crippen molar-refractivity contribution in [3.63, 3.8) is 0 Å². The largest absolute Gasteiger partial charge is 0.396 e. The molecule has 2 N–H and O–H groups in total. The third kappa shape index (κ3) is 2.51. The first-order valence-corrected chi connectivity index (χ1v) is 7.41. The third-order valence-corrected chi connectivity index (χ3v) is 5.19. The van der Waals surface area contributed by atoms with Crippen molar-refractivity contribution in [1.82, 2.24) is 10.2 Å². The second-order valence-electron chi connectivity index (χ2n) is 6.35. The van der Waals surface area contributed by atoms with E-state index in [4.69, 9.17) is 5.11 Å². The molecule has 3 fully saturated rings. The maximum Gasteiger partial charge on any atom is 0.0436 e. The van der Waals surface area contributed by atoms with Crippen LogP contribution in [-0.2, 0) is 0 Å². The lowest BCUT2D eigenvalue weighted by atomic mass is 9.97. The monoisotopic (exact) mass is 238 g/mol. The van der Waals surface area contributed by atoms with Crippen LogP contribution in [0.1, 0.15) is 44.9 Å². The second-order valence-corrected chi connectivity index (χ2v) is 6.35. The average Bonchev–Trinajstić information content (AvgIpc) is 3.00. The van der Waals surface area contributed by atoms with Gasteiger partial charge in [-0.2, -0.15) is 0 Å². The highest BCUT2D eigenvalue weighted by atomic mass is 16.3. The van der Waals surface area contributed by atoms with Gasteiger partial charge in [0, 0.05) is 31.8 Å². The van der Waals surface area contributed by atoms with Crippen LogP contribution in [-0.4, -0.2) is 48.3 Å². The first-order valence-electron chi connectivity index (χ1n) is 7.41. The zero-order valence-corrected chi connectivity index (χ0v) is 10.8. The molecule has 98 valence electrons. The molecule has 2 atom stereocenters. The first kappa shape index (κ1) is 11.9. The highest BCUT2D eigenvalue weighted by Gasteiger charge is 2.43. The molecule has 3 nitrogen and oxygen atoms in total. The zero-order valence-electron chi connectivity index (χ0n) is 10.8. The smallest absolute Gasteiger partial charge is 0.0436 e. The molecule has 0 aromatic heterocycles. The van der Waals surface area contributed by atoms with Gasteiger partial charge < -0.3 is 10.4 Å². The minimum absolute atomic E-state index is 0.363. The summed E-state index contributed by atoms with van der Waals surface area (Å²) in [6.07, 6.45) is 9.19. The van der Waals surface area contributed by atoms with Gasteiger partial charge in [0.05, 0.1) is 0 Å². The Labute approximate surface area is 105 Å². The predicted molar refractivity (Wildman–Crippen MR) is 69.0 cm³/mol. The van der Waals surface area contributed by atoms with E-state index in [0.717, 1.165) is 25.0 Å². The number of aliphatic hydroxyl groups is 1. The molecule has 1 aliphatic carbocycles. The van der Waals surface area contributed by atoms with Crippen LogP contribution >= 0.6 is 0 Å². The Bertz CT molecular complexity index is 265. The summed E-state index contributed by atoms with van der Waals surface area (Å²) in [5.74, 6) is 0. The number of fused-ring (bicyclic) bond motifs is 1. The molecule has 2 unspecified atom stereocenters. The zero-order chi connectivity index (χ0) is 11.7. The number of nitrogens with zero attached hydrogens (tertiary/aromatic N) is 1. The minimum atomic E-state index is 0.363. The molecular weight excluding hydrogens is 212 g/mol. The average molecular weight is 238 g/mol. The Morgan fingerprint density at radius 3 is 2.82 bits per heavy atom. The fourth-order valence-corrected chi connectivity index (χ4v) is 3.76. The molecule has 3 aliphatic rings. The minimum Gasteiger partial charge on any atom is -0.396 e. The molecule has 2 heterocycles. The standard InChI is InChI=1S/C14H26N2O/c17-10-7-14(5-6-14)11-15-12-4-9-16-8-2-1-3-13(12)16/h12-13,15,17H,1-11H2. The van der Waals surface area contributed by atoms with Crippen molar-refractivity contribution in [2.75, 3.05) is 26.2 Å². The van der Waals surface area contributed by atoms with E-state index in [1.54, 1.807) is 0 Å². The molecular formula is C14H26N2O. The van der Waals surface area contributed by atoms with E-state index < -0.39 is 0 Å². The summed E-state index contributed by atoms with van der Waals surface area (Å²) in [6.45, 7) is 4.13. The van der Waals surface area contributed by atoms with Crippen molar-refractivity contribution in [3.8, 4) is 0 Å². The summed E-state index contributed by atoms with van der Waals surface area (Å²) in [5, 5.41) is 12.9. The highest BCUT2D eigenvalue weighted by Crippen LogP contribution is 2.48.